The summed E-state index contributed by atoms with van der Waals surface area (Å²) < 4.78 is 19.1. The highest BCUT2D eigenvalue weighted by Gasteiger charge is 2.16. The Hall–Kier alpha value is -2.29. The predicted molar refractivity (Wildman–Crippen MR) is 79.4 cm³/mol. The zero-order chi connectivity index (χ0) is 14.1. The van der Waals surface area contributed by atoms with Crippen molar-refractivity contribution in [2.24, 2.45) is 0 Å². The Morgan fingerprint density at radius 2 is 1.90 bits per heavy atom. The summed E-state index contributed by atoms with van der Waals surface area (Å²) in [7, 11) is 0. The number of hydrogen-bond donors (Lipinski definition) is 1. The van der Waals surface area contributed by atoms with Gasteiger partial charge in [0.15, 0.2) is 0 Å². The monoisotopic (exact) mass is 269 g/mol. The summed E-state index contributed by atoms with van der Waals surface area (Å²) in [5.41, 5.74) is 2.75. The second-order valence-corrected chi connectivity index (χ2v) is 4.96. The minimum atomic E-state index is -0.247. The Bertz CT molecular complexity index is 748. The second-order valence-electron chi connectivity index (χ2n) is 4.96. The van der Waals surface area contributed by atoms with Gasteiger partial charge in [-0.15, -0.1) is 0 Å². The van der Waals surface area contributed by atoms with Crippen LogP contribution in [0.1, 0.15) is 24.3 Å². The van der Waals surface area contributed by atoms with E-state index in [0.29, 0.717) is 0 Å². The molecule has 0 fully saturated rings. The van der Waals surface area contributed by atoms with Crippen LogP contribution < -0.4 is 5.32 Å². The average Bonchev–Trinajstić information content (AvgIpc) is 2.77. The molecule has 0 radical (unpaired) electrons. The van der Waals surface area contributed by atoms with E-state index < -0.39 is 0 Å². The van der Waals surface area contributed by atoms with Crippen molar-refractivity contribution in [1.29, 1.82) is 0 Å². The summed E-state index contributed by atoms with van der Waals surface area (Å²) in [6.07, 6.45) is 0. The first-order valence-electron chi connectivity index (χ1n) is 6.65. The van der Waals surface area contributed by atoms with Gasteiger partial charge in [0.1, 0.15) is 17.2 Å². The smallest absolute Gasteiger partial charge is 0.134 e. The Kier molecular flexibility index (Phi) is 3.18. The van der Waals surface area contributed by atoms with E-state index >= 15 is 0 Å². The van der Waals surface area contributed by atoms with Gasteiger partial charge < -0.3 is 9.73 Å². The number of benzene rings is 2. The first-order valence-corrected chi connectivity index (χ1v) is 6.65. The van der Waals surface area contributed by atoms with Gasteiger partial charge in [-0.05, 0) is 38.1 Å². The van der Waals surface area contributed by atoms with Crippen LogP contribution in [0.4, 0.5) is 10.1 Å². The molecule has 0 aliphatic heterocycles. The van der Waals surface area contributed by atoms with E-state index in [1.54, 1.807) is 6.07 Å². The van der Waals surface area contributed by atoms with Crippen molar-refractivity contribution in [2.45, 2.75) is 19.9 Å². The highest BCUT2D eigenvalue weighted by molar-refractivity contribution is 5.82. The number of para-hydroxylation sites is 1. The lowest BCUT2D eigenvalue weighted by Gasteiger charge is -2.14. The standard InChI is InChI=1S/C17H16FNO/c1-11-15-8-3-4-9-16(15)20-17(11)12(2)19-14-7-5-6-13(18)10-14/h3-10,12,19H,1-2H3. The average molecular weight is 269 g/mol. The van der Waals surface area contributed by atoms with Crippen molar-refractivity contribution in [3.8, 4) is 0 Å². The van der Waals surface area contributed by atoms with Crippen LogP contribution in [0.3, 0.4) is 0 Å². The number of aryl methyl sites for hydroxylation is 1. The van der Waals surface area contributed by atoms with Crippen LogP contribution in [0, 0.1) is 12.7 Å². The summed E-state index contributed by atoms with van der Waals surface area (Å²) in [4.78, 5) is 0. The molecule has 1 atom stereocenters. The Morgan fingerprint density at radius 3 is 2.65 bits per heavy atom. The molecule has 3 heteroatoms. The van der Waals surface area contributed by atoms with Gasteiger partial charge in [0.2, 0.25) is 0 Å². The highest BCUT2D eigenvalue weighted by atomic mass is 19.1. The first kappa shape index (κ1) is 12.7. The highest BCUT2D eigenvalue weighted by Crippen LogP contribution is 2.30. The quantitative estimate of drug-likeness (QED) is 0.719. The minimum absolute atomic E-state index is 0.0239. The SMILES string of the molecule is Cc1c(C(C)Nc2cccc(F)c2)oc2ccccc12. The molecule has 2 nitrogen and oxygen atoms in total. The summed E-state index contributed by atoms with van der Waals surface area (Å²) in [5, 5.41) is 4.39. The number of halogens is 1. The predicted octanol–water partition coefficient (Wildman–Crippen LogP) is 5.05. The van der Waals surface area contributed by atoms with Gasteiger partial charge in [-0.3, -0.25) is 0 Å². The number of hydrogen-bond acceptors (Lipinski definition) is 2. The van der Waals surface area contributed by atoms with Gasteiger partial charge in [-0.2, -0.15) is 0 Å². The van der Waals surface area contributed by atoms with E-state index in [9.17, 15) is 4.39 Å². The third kappa shape index (κ3) is 2.27. The summed E-state index contributed by atoms with van der Waals surface area (Å²) >= 11 is 0. The van der Waals surface area contributed by atoms with Crippen LogP contribution in [0.15, 0.2) is 52.9 Å². The van der Waals surface area contributed by atoms with Crippen molar-refractivity contribution in [2.75, 3.05) is 5.32 Å². The van der Waals surface area contributed by atoms with Gasteiger partial charge >= 0.3 is 0 Å². The van der Waals surface area contributed by atoms with Crippen molar-refractivity contribution >= 4 is 16.7 Å². The molecule has 2 aromatic carbocycles. The Labute approximate surface area is 117 Å². The van der Waals surface area contributed by atoms with Crippen LogP contribution in [0.25, 0.3) is 11.0 Å². The molecular formula is C17H16FNO. The van der Waals surface area contributed by atoms with Gasteiger partial charge in [0.05, 0.1) is 6.04 Å². The molecule has 0 aliphatic rings. The number of rotatable bonds is 3. The molecule has 1 aromatic heterocycles. The fourth-order valence-corrected chi connectivity index (χ4v) is 2.50. The van der Waals surface area contributed by atoms with Crippen LogP contribution in [0.2, 0.25) is 0 Å². The lowest BCUT2D eigenvalue weighted by molar-refractivity contribution is 0.522. The zero-order valence-corrected chi connectivity index (χ0v) is 11.5. The number of anilines is 1. The lowest BCUT2D eigenvalue weighted by Crippen LogP contribution is -2.06. The van der Waals surface area contributed by atoms with Gasteiger partial charge in [-0.1, -0.05) is 24.3 Å². The topological polar surface area (TPSA) is 25.2 Å². The molecule has 0 spiro atoms. The van der Waals surface area contributed by atoms with E-state index in [1.165, 1.54) is 12.1 Å². The molecule has 3 aromatic rings. The maximum Gasteiger partial charge on any atom is 0.134 e. The molecule has 3 rings (SSSR count). The lowest BCUT2D eigenvalue weighted by atomic mass is 10.1. The minimum Gasteiger partial charge on any atom is -0.459 e. The van der Waals surface area contributed by atoms with Crippen molar-refractivity contribution in [3.05, 3.63) is 65.7 Å². The maximum atomic E-state index is 13.2. The van der Waals surface area contributed by atoms with Crippen molar-refractivity contribution in [1.82, 2.24) is 0 Å². The van der Waals surface area contributed by atoms with E-state index in [-0.39, 0.29) is 11.9 Å². The molecule has 0 bridgehead atoms. The van der Waals surface area contributed by atoms with Crippen LogP contribution >= 0.6 is 0 Å². The first-order chi connectivity index (χ1) is 9.65. The normalized spacial score (nSPS) is 12.6. The fraction of sp³-hybridized carbons (Fsp3) is 0.176. The molecule has 0 amide bonds. The van der Waals surface area contributed by atoms with E-state index in [4.69, 9.17) is 4.42 Å². The zero-order valence-electron chi connectivity index (χ0n) is 11.5. The summed E-state index contributed by atoms with van der Waals surface area (Å²) in [6, 6.07) is 14.4. The van der Waals surface area contributed by atoms with E-state index in [2.05, 4.69) is 5.32 Å². The molecule has 0 saturated heterocycles. The van der Waals surface area contributed by atoms with Crippen LogP contribution in [-0.4, -0.2) is 0 Å². The molecule has 102 valence electrons. The number of fused-ring (bicyclic) bond motifs is 1. The van der Waals surface area contributed by atoms with Crippen LogP contribution in [-0.2, 0) is 0 Å². The van der Waals surface area contributed by atoms with E-state index in [0.717, 1.165) is 28.0 Å². The molecule has 1 N–H and O–H groups in total. The third-order valence-electron chi connectivity index (χ3n) is 3.48. The van der Waals surface area contributed by atoms with Crippen LogP contribution in [0.5, 0.6) is 0 Å². The molecule has 1 heterocycles. The molecular weight excluding hydrogens is 253 g/mol. The Morgan fingerprint density at radius 1 is 1.10 bits per heavy atom. The van der Waals surface area contributed by atoms with E-state index in [1.807, 2.05) is 44.2 Å². The molecule has 20 heavy (non-hydrogen) atoms. The summed E-state index contributed by atoms with van der Waals surface area (Å²) in [6.45, 7) is 4.06. The molecule has 1 unspecified atom stereocenters. The number of furan rings is 1. The number of nitrogens with one attached hydrogen (secondary N) is 1. The second kappa shape index (κ2) is 5.00. The third-order valence-corrected chi connectivity index (χ3v) is 3.48. The van der Waals surface area contributed by atoms with Gasteiger partial charge in [-0.25, -0.2) is 4.39 Å². The van der Waals surface area contributed by atoms with Crippen molar-refractivity contribution in [3.63, 3.8) is 0 Å². The Balaban J connectivity index is 1.92. The van der Waals surface area contributed by atoms with Gasteiger partial charge in [0.25, 0.3) is 0 Å². The molecule has 0 aliphatic carbocycles. The summed E-state index contributed by atoms with van der Waals surface area (Å²) in [5.74, 6) is 0.638. The van der Waals surface area contributed by atoms with Crippen molar-refractivity contribution < 1.29 is 8.81 Å². The molecule has 0 saturated carbocycles. The largest absolute Gasteiger partial charge is 0.459 e. The van der Waals surface area contributed by atoms with Gasteiger partial charge in [0, 0.05) is 16.6 Å². The fourth-order valence-electron chi connectivity index (χ4n) is 2.50. The maximum absolute atomic E-state index is 13.2.